The van der Waals surface area contributed by atoms with E-state index in [9.17, 15) is 0 Å². The van der Waals surface area contributed by atoms with E-state index < -0.39 is 0 Å². The van der Waals surface area contributed by atoms with Gasteiger partial charge in [0, 0.05) is 0 Å². The molecule has 0 spiro atoms. The van der Waals surface area contributed by atoms with Crippen LogP contribution in [0.15, 0.2) is 18.2 Å². The number of benzene rings is 1. The van der Waals surface area contributed by atoms with Crippen LogP contribution >= 0.6 is 0 Å². The van der Waals surface area contributed by atoms with Crippen molar-refractivity contribution < 1.29 is 9.47 Å². The van der Waals surface area contributed by atoms with Gasteiger partial charge < -0.3 is 9.47 Å². The predicted octanol–water partition coefficient (Wildman–Crippen LogP) is 2.66. The quantitative estimate of drug-likeness (QED) is 0.709. The van der Waals surface area contributed by atoms with E-state index in [1.807, 2.05) is 19.1 Å². The molecule has 0 N–H and O–H groups in total. The first-order chi connectivity index (χ1) is 6.33. The summed E-state index contributed by atoms with van der Waals surface area (Å²) in [4.78, 5) is 0. The van der Waals surface area contributed by atoms with Gasteiger partial charge in [0.15, 0.2) is 11.5 Å². The molecule has 0 heterocycles. The van der Waals surface area contributed by atoms with Crippen molar-refractivity contribution in [3.05, 3.63) is 23.8 Å². The van der Waals surface area contributed by atoms with Crippen LogP contribution in [0.1, 0.15) is 19.4 Å². The average molecular weight is 180 g/mol. The predicted molar refractivity (Wildman–Crippen MR) is 53.5 cm³/mol. The molecule has 0 bridgehead atoms. The van der Waals surface area contributed by atoms with Crippen LogP contribution in [0.25, 0.3) is 0 Å². The lowest BCUT2D eigenvalue weighted by Gasteiger charge is -2.12. The van der Waals surface area contributed by atoms with E-state index >= 15 is 0 Å². The fraction of sp³-hybridized carbons (Fsp3) is 0.455. The third-order valence-corrected chi connectivity index (χ3v) is 1.95. The van der Waals surface area contributed by atoms with Crippen LogP contribution < -0.4 is 9.47 Å². The molecule has 0 fully saturated rings. The molecule has 1 rings (SSSR count). The summed E-state index contributed by atoms with van der Waals surface area (Å²) >= 11 is 0. The van der Waals surface area contributed by atoms with E-state index in [1.165, 1.54) is 5.56 Å². The molecule has 1 aromatic carbocycles. The van der Waals surface area contributed by atoms with Crippen molar-refractivity contribution in [3.63, 3.8) is 0 Å². The molecule has 0 amide bonds. The van der Waals surface area contributed by atoms with E-state index in [1.54, 1.807) is 7.11 Å². The van der Waals surface area contributed by atoms with Gasteiger partial charge in [0.05, 0.1) is 13.7 Å². The number of hydrogen-bond acceptors (Lipinski definition) is 2. The zero-order valence-corrected chi connectivity index (χ0v) is 8.46. The Balaban J connectivity index is 3.03. The van der Waals surface area contributed by atoms with Crippen LogP contribution in [0.3, 0.4) is 0 Å². The Morgan fingerprint density at radius 1 is 1.23 bits per heavy atom. The third kappa shape index (κ3) is 2.14. The second-order valence-corrected chi connectivity index (χ2v) is 2.74. The molecule has 2 nitrogen and oxygen atoms in total. The van der Waals surface area contributed by atoms with Gasteiger partial charge in [-0.15, -0.1) is 0 Å². The largest absolute Gasteiger partial charge is 0.493 e. The Kier molecular flexibility index (Phi) is 3.62. The Morgan fingerprint density at radius 3 is 2.54 bits per heavy atom. The highest BCUT2D eigenvalue weighted by Gasteiger charge is 2.07. The van der Waals surface area contributed by atoms with Gasteiger partial charge in [0.1, 0.15) is 0 Å². The summed E-state index contributed by atoms with van der Waals surface area (Å²) in [7, 11) is 1.68. The molecule has 0 unspecified atom stereocenters. The number of para-hydroxylation sites is 1. The Labute approximate surface area is 79.5 Å². The van der Waals surface area contributed by atoms with Gasteiger partial charge in [-0.3, -0.25) is 0 Å². The number of methoxy groups -OCH3 is 1. The fourth-order valence-electron chi connectivity index (χ4n) is 1.34. The average Bonchev–Trinajstić information content (AvgIpc) is 2.18. The summed E-state index contributed by atoms with van der Waals surface area (Å²) in [6, 6.07) is 5.98. The molecule has 13 heavy (non-hydrogen) atoms. The van der Waals surface area contributed by atoms with Crippen molar-refractivity contribution in [1.29, 1.82) is 0 Å². The van der Waals surface area contributed by atoms with Gasteiger partial charge in [-0.2, -0.15) is 0 Å². The number of rotatable bonds is 4. The summed E-state index contributed by atoms with van der Waals surface area (Å²) < 4.78 is 10.7. The van der Waals surface area contributed by atoms with Gasteiger partial charge in [-0.05, 0) is 25.0 Å². The summed E-state index contributed by atoms with van der Waals surface area (Å²) in [6.07, 6.45) is 0.962. The normalized spacial score (nSPS) is 9.77. The number of ether oxygens (including phenoxy) is 2. The summed E-state index contributed by atoms with van der Waals surface area (Å²) in [5, 5.41) is 0. The highest BCUT2D eigenvalue weighted by atomic mass is 16.5. The molecule has 0 aliphatic rings. The SMILES string of the molecule is CCOc1cccc(CC)c1OC. The zero-order valence-electron chi connectivity index (χ0n) is 8.46. The van der Waals surface area contributed by atoms with Crippen LogP contribution in [-0.4, -0.2) is 13.7 Å². The second-order valence-electron chi connectivity index (χ2n) is 2.74. The van der Waals surface area contributed by atoms with Crippen molar-refractivity contribution in [2.75, 3.05) is 13.7 Å². The standard InChI is InChI=1S/C11H16O2/c1-4-9-7-6-8-10(13-5-2)11(9)12-3/h6-8H,4-5H2,1-3H3. The minimum absolute atomic E-state index is 0.670. The second kappa shape index (κ2) is 4.75. The minimum Gasteiger partial charge on any atom is -0.493 e. The van der Waals surface area contributed by atoms with Gasteiger partial charge in [0.25, 0.3) is 0 Å². The molecule has 0 radical (unpaired) electrons. The van der Waals surface area contributed by atoms with Gasteiger partial charge in [-0.1, -0.05) is 19.1 Å². The minimum atomic E-state index is 0.670. The molecule has 0 aliphatic heterocycles. The molecule has 0 aliphatic carbocycles. The Morgan fingerprint density at radius 2 is 2.00 bits per heavy atom. The number of hydrogen-bond donors (Lipinski definition) is 0. The first-order valence-corrected chi connectivity index (χ1v) is 4.62. The molecule has 72 valence electrons. The molecule has 0 aromatic heterocycles. The van der Waals surface area contributed by atoms with Crippen LogP contribution in [0.4, 0.5) is 0 Å². The lowest BCUT2D eigenvalue weighted by Crippen LogP contribution is -1.97. The molecule has 0 saturated heterocycles. The molecule has 2 heteroatoms. The molecule has 1 aromatic rings. The fourth-order valence-corrected chi connectivity index (χ4v) is 1.34. The van der Waals surface area contributed by atoms with Crippen molar-refractivity contribution in [1.82, 2.24) is 0 Å². The molecular formula is C11H16O2. The highest BCUT2D eigenvalue weighted by molar-refractivity contribution is 5.46. The first-order valence-electron chi connectivity index (χ1n) is 4.62. The Bertz CT molecular complexity index is 269. The molecule has 0 saturated carbocycles. The van der Waals surface area contributed by atoms with Crippen LogP contribution in [0.5, 0.6) is 11.5 Å². The maximum absolute atomic E-state index is 5.45. The van der Waals surface area contributed by atoms with E-state index in [-0.39, 0.29) is 0 Å². The van der Waals surface area contributed by atoms with Gasteiger partial charge in [0.2, 0.25) is 0 Å². The van der Waals surface area contributed by atoms with Crippen LogP contribution in [0.2, 0.25) is 0 Å². The number of aryl methyl sites for hydroxylation is 1. The third-order valence-electron chi connectivity index (χ3n) is 1.95. The highest BCUT2D eigenvalue weighted by Crippen LogP contribution is 2.30. The maximum Gasteiger partial charge on any atom is 0.163 e. The monoisotopic (exact) mass is 180 g/mol. The van der Waals surface area contributed by atoms with Crippen molar-refractivity contribution >= 4 is 0 Å². The van der Waals surface area contributed by atoms with E-state index in [4.69, 9.17) is 9.47 Å². The molecule has 0 atom stereocenters. The first kappa shape index (κ1) is 9.90. The van der Waals surface area contributed by atoms with Gasteiger partial charge >= 0.3 is 0 Å². The molecular weight excluding hydrogens is 164 g/mol. The Hall–Kier alpha value is -1.18. The van der Waals surface area contributed by atoms with Crippen LogP contribution in [0, 0.1) is 0 Å². The summed E-state index contributed by atoms with van der Waals surface area (Å²) in [5.41, 5.74) is 1.19. The van der Waals surface area contributed by atoms with Crippen molar-refractivity contribution in [2.45, 2.75) is 20.3 Å². The zero-order chi connectivity index (χ0) is 9.68. The van der Waals surface area contributed by atoms with Crippen LogP contribution in [-0.2, 0) is 6.42 Å². The summed E-state index contributed by atoms with van der Waals surface area (Å²) in [5.74, 6) is 1.70. The van der Waals surface area contributed by atoms with Gasteiger partial charge in [-0.25, -0.2) is 0 Å². The van der Waals surface area contributed by atoms with E-state index in [2.05, 4.69) is 13.0 Å². The van der Waals surface area contributed by atoms with Crippen molar-refractivity contribution in [3.8, 4) is 11.5 Å². The van der Waals surface area contributed by atoms with E-state index in [0.29, 0.717) is 6.61 Å². The lowest BCUT2D eigenvalue weighted by molar-refractivity contribution is 0.309. The smallest absolute Gasteiger partial charge is 0.163 e. The summed E-state index contributed by atoms with van der Waals surface area (Å²) in [6.45, 7) is 4.75. The lowest BCUT2D eigenvalue weighted by atomic mass is 10.1. The van der Waals surface area contributed by atoms with E-state index in [0.717, 1.165) is 17.9 Å². The maximum atomic E-state index is 5.45. The topological polar surface area (TPSA) is 18.5 Å². The van der Waals surface area contributed by atoms with Crippen molar-refractivity contribution in [2.24, 2.45) is 0 Å².